The number of anilines is 1. The highest BCUT2D eigenvalue weighted by Crippen LogP contribution is 2.42. The zero-order valence-electron chi connectivity index (χ0n) is 22.6. The minimum Gasteiger partial charge on any atom is -0.461 e. The molecule has 6 heterocycles. The lowest BCUT2D eigenvalue weighted by molar-refractivity contribution is 0.108. The topological polar surface area (TPSA) is 82.2 Å². The molecule has 40 heavy (non-hydrogen) atoms. The van der Waals surface area contributed by atoms with Crippen LogP contribution in [0.3, 0.4) is 0 Å². The second-order valence-electron chi connectivity index (χ2n) is 12.1. The highest BCUT2D eigenvalue weighted by Gasteiger charge is 2.45. The van der Waals surface area contributed by atoms with Crippen LogP contribution in [0, 0.1) is 18.6 Å². The summed E-state index contributed by atoms with van der Waals surface area (Å²) in [5, 5.41) is 11.7. The minimum atomic E-state index is -0.695. The fourth-order valence-electron chi connectivity index (χ4n) is 7.78. The molecule has 2 bridgehead atoms. The van der Waals surface area contributed by atoms with E-state index in [0.717, 1.165) is 75.8 Å². The summed E-state index contributed by atoms with van der Waals surface area (Å²) in [6.45, 7) is 5.99. The standard InChI is InChI=1S/C30H33F2N7O/c1-17-4-7-23-21(13-33-37-23)24(17)25-22(31)12-20-27(26(25)32)35-29(40-16-30-8-2-10-39(30)11-3-9-30)36-28(20)38-14-18-5-6-19(15-38)34-18/h4,7,12-13,18-19,34H,2-3,5-6,8-11,14-16H2,1H3,(H,33,37)/t18-,19+. The number of fused-ring (bicyclic) bond motifs is 5. The first kappa shape index (κ1) is 24.4. The van der Waals surface area contributed by atoms with E-state index in [9.17, 15) is 0 Å². The SMILES string of the molecule is Cc1ccc2[nH]ncc2c1-c1c(F)cc2c(N3C[C@H]4CC[C@@H](C3)N4)nc(OCC34CCCN3CCC4)nc2c1F. The van der Waals surface area contributed by atoms with Crippen molar-refractivity contribution in [2.45, 2.75) is 63.1 Å². The second-order valence-corrected chi connectivity index (χ2v) is 12.1. The molecular formula is C30H33F2N7O. The van der Waals surface area contributed by atoms with Gasteiger partial charge in [-0.25, -0.2) is 8.78 Å². The summed E-state index contributed by atoms with van der Waals surface area (Å²) >= 11 is 0. The third-order valence-electron chi connectivity index (χ3n) is 9.72. The molecule has 0 saturated carbocycles. The van der Waals surface area contributed by atoms with Gasteiger partial charge in [0.05, 0.1) is 22.8 Å². The van der Waals surface area contributed by atoms with Crippen molar-refractivity contribution in [2.75, 3.05) is 37.7 Å². The molecule has 4 aromatic rings. The molecule has 8 rings (SSSR count). The van der Waals surface area contributed by atoms with Crippen LogP contribution in [0.15, 0.2) is 24.4 Å². The number of piperazine rings is 1. The maximum absolute atomic E-state index is 16.6. The summed E-state index contributed by atoms with van der Waals surface area (Å²) in [5.74, 6) is -0.780. The van der Waals surface area contributed by atoms with Crippen molar-refractivity contribution >= 4 is 27.6 Å². The van der Waals surface area contributed by atoms with E-state index in [1.54, 1.807) is 6.20 Å². The Labute approximate surface area is 231 Å². The van der Waals surface area contributed by atoms with Crippen LogP contribution < -0.4 is 15.0 Å². The monoisotopic (exact) mass is 545 g/mol. The second kappa shape index (κ2) is 9.07. The fraction of sp³-hybridized carbons (Fsp3) is 0.500. The smallest absolute Gasteiger partial charge is 0.319 e. The molecule has 0 radical (unpaired) electrons. The first-order valence-electron chi connectivity index (χ1n) is 14.5. The molecule has 0 amide bonds. The molecule has 8 nitrogen and oxygen atoms in total. The normalized spacial score (nSPS) is 23.9. The van der Waals surface area contributed by atoms with Gasteiger partial charge < -0.3 is 15.0 Å². The number of hydrogen-bond donors (Lipinski definition) is 2. The number of aromatic amines is 1. The lowest BCUT2D eigenvalue weighted by atomic mass is 9.94. The van der Waals surface area contributed by atoms with Crippen LogP contribution in [0.25, 0.3) is 32.9 Å². The summed E-state index contributed by atoms with van der Waals surface area (Å²) in [7, 11) is 0. The van der Waals surface area contributed by atoms with E-state index in [4.69, 9.17) is 9.72 Å². The van der Waals surface area contributed by atoms with Crippen LogP contribution in [-0.4, -0.2) is 75.5 Å². The van der Waals surface area contributed by atoms with Crippen molar-refractivity contribution in [2.24, 2.45) is 0 Å². The number of halogens is 2. The average molecular weight is 546 g/mol. The third-order valence-corrected chi connectivity index (χ3v) is 9.72. The molecule has 2 aromatic carbocycles. The Bertz CT molecular complexity index is 1620. The Balaban J connectivity index is 1.28. The summed E-state index contributed by atoms with van der Waals surface area (Å²) < 4.78 is 39.0. The predicted molar refractivity (Wildman–Crippen MR) is 150 cm³/mol. The first-order chi connectivity index (χ1) is 19.5. The molecule has 0 spiro atoms. The van der Waals surface area contributed by atoms with E-state index in [0.29, 0.717) is 40.8 Å². The Morgan fingerprint density at radius 3 is 2.58 bits per heavy atom. The van der Waals surface area contributed by atoms with Gasteiger partial charge >= 0.3 is 6.01 Å². The van der Waals surface area contributed by atoms with Crippen LogP contribution in [0.1, 0.15) is 44.1 Å². The Morgan fingerprint density at radius 2 is 1.80 bits per heavy atom. The highest BCUT2D eigenvalue weighted by atomic mass is 19.1. The number of aromatic nitrogens is 4. The lowest BCUT2D eigenvalue weighted by Crippen LogP contribution is -2.51. The molecule has 4 aliphatic heterocycles. The summed E-state index contributed by atoms with van der Waals surface area (Å²) in [6, 6.07) is 5.97. The van der Waals surface area contributed by atoms with Gasteiger partial charge in [-0.3, -0.25) is 10.00 Å². The van der Waals surface area contributed by atoms with Gasteiger partial charge in [0.15, 0.2) is 5.82 Å². The van der Waals surface area contributed by atoms with Crippen molar-refractivity contribution in [3.05, 3.63) is 41.6 Å². The maximum Gasteiger partial charge on any atom is 0.319 e. The van der Waals surface area contributed by atoms with Gasteiger partial charge in [0.2, 0.25) is 0 Å². The number of nitrogens with zero attached hydrogens (tertiary/aromatic N) is 5. The van der Waals surface area contributed by atoms with Crippen LogP contribution in [0.4, 0.5) is 14.6 Å². The molecule has 2 aromatic heterocycles. The zero-order chi connectivity index (χ0) is 27.0. The van der Waals surface area contributed by atoms with E-state index >= 15 is 8.78 Å². The Kier molecular flexibility index (Phi) is 5.54. The summed E-state index contributed by atoms with van der Waals surface area (Å²) in [6.07, 6.45) is 8.30. The first-order valence-corrected chi connectivity index (χ1v) is 14.5. The van der Waals surface area contributed by atoms with Crippen molar-refractivity contribution < 1.29 is 13.5 Å². The van der Waals surface area contributed by atoms with Crippen LogP contribution in [-0.2, 0) is 0 Å². The summed E-state index contributed by atoms with van der Waals surface area (Å²) in [5.41, 5.74) is 1.97. The van der Waals surface area contributed by atoms with Crippen molar-refractivity contribution in [1.82, 2.24) is 30.4 Å². The number of ether oxygens (including phenoxy) is 1. The number of nitrogens with one attached hydrogen (secondary N) is 2. The van der Waals surface area contributed by atoms with Crippen LogP contribution >= 0.6 is 0 Å². The van der Waals surface area contributed by atoms with Crippen molar-refractivity contribution in [3.63, 3.8) is 0 Å². The summed E-state index contributed by atoms with van der Waals surface area (Å²) in [4.78, 5) is 14.1. The van der Waals surface area contributed by atoms with Crippen molar-refractivity contribution in [1.29, 1.82) is 0 Å². The molecule has 2 N–H and O–H groups in total. The van der Waals surface area contributed by atoms with Crippen LogP contribution in [0.5, 0.6) is 6.01 Å². The fourth-order valence-corrected chi connectivity index (χ4v) is 7.78. The number of rotatable bonds is 5. The van der Waals surface area contributed by atoms with Gasteiger partial charge in [-0.05, 0) is 76.2 Å². The van der Waals surface area contributed by atoms with E-state index in [1.165, 1.54) is 6.07 Å². The van der Waals surface area contributed by atoms with Crippen molar-refractivity contribution in [3.8, 4) is 17.1 Å². The van der Waals surface area contributed by atoms with E-state index in [2.05, 4.69) is 30.3 Å². The number of aryl methyl sites for hydroxylation is 1. The predicted octanol–water partition coefficient (Wildman–Crippen LogP) is 4.71. The number of H-pyrrole nitrogens is 1. The average Bonchev–Trinajstić information content (AvgIpc) is 3.73. The molecule has 208 valence electrons. The largest absolute Gasteiger partial charge is 0.461 e. The molecule has 2 atom stereocenters. The highest BCUT2D eigenvalue weighted by molar-refractivity contribution is 6.00. The quantitative estimate of drug-likeness (QED) is 0.376. The van der Waals surface area contributed by atoms with E-state index < -0.39 is 11.6 Å². The van der Waals surface area contributed by atoms with Gasteiger partial charge in [-0.1, -0.05) is 6.07 Å². The number of benzene rings is 2. The molecule has 4 fully saturated rings. The maximum atomic E-state index is 16.6. The molecule has 4 saturated heterocycles. The lowest BCUT2D eigenvalue weighted by Gasteiger charge is -2.34. The third kappa shape index (κ3) is 3.72. The van der Waals surface area contributed by atoms with Gasteiger partial charge in [0.1, 0.15) is 23.8 Å². The van der Waals surface area contributed by atoms with E-state index in [1.807, 2.05) is 19.1 Å². The molecule has 4 aliphatic rings. The van der Waals surface area contributed by atoms with Gasteiger partial charge in [-0.2, -0.15) is 15.1 Å². The Hall–Kier alpha value is -3.37. The molecule has 0 aliphatic carbocycles. The zero-order valence-corrected chi connectivity index (χ0v) is 22.6. The molecular weight excluding hydrogens is 512 g/mol. The molecule has 10 heteroatoms. The minimum absolute atomic E-state index is 0.00712. The molecule has 0 unspecified atom stereocenters. The van der Waals surface area contributed by atoms with E-state index in [-0.39, 0.29) is 22.6 Å². The van der Waals surface area contributed by atoms with Gasteiger partial charge in [0, 0.05) is 41.5 Å². The Morgan fingerprint density at radius 1 is 1.02 bits per heavy atom. The van der Waals surface area contributed by atoms with Gasteiger partial charge in [-0.15, -0.1) is 0 Å². The van der Waals surface area contributed by atoms with Crippen LogP contribution in [0.2, 0.25) is 0 Å². The van der Waals surface area contributed by atoms with Gasteiger partial charge in [0.25, 0.3) is 0 Å². The number of hydrogen-bond acceptors (Lipinski definition) is 7.